The van der Waals surface area contributed by atoms with Crippen LogP contribution in [-0.2, 0) is 14.3 Å². The molecule has 2 aromatic rings. The van der Waals surface area contributed by atoms with Gasteiger partial charge in [-0.3, -0.25) is 4.79 Å². The Bertz CT molecular complexity index is 1260. The minimum Gasteiger partial charge on any atom is -0.463 e. The van der Waals surface area contributed by atoms with Gasteiger partial charge in [-0.15, -0.1) is 0 Å². The van der Waals surface area contributed by atoms with E-state index in [-0.39, 0.29) is 18.9 Å². The number of fused-ring (bicyclic) bond motifs is 1. The second kappa shape index (κ2) is 10.9. The van der Waals surface area contributed by atoms with Crippen molar-refractivity contribution in [2.45, 2.75) is 26.3 Å². The lowest BCUT2D eigenvalue weighted by Gasteiger charge is -2.38. The zero-order valence-electron chi connectivity index (χ0n) is 21.5. The predicted octanol–water partition coefficient (Wildman–Crippen LogP) is 4.43. The van der Waals surface area contributed by atoms with Crippen molar-refractivity contribution in [1.82, 2.24) is 14.7 Å². The average Bonchev–Trinajstić information content (AvgIpc) is 3.31. The molecule has 0 saturated carbocycles. The number of benzene rings is 2. The number of carbonyl (C=O) groups excluding carboxylic acids is 2. The van der Waals surface area contributed by atoms with Crippen LogP contribution in [0.2, 0.25) is 0 Å². The van der Waals surface area contributed by atoms with Crippen LogP contribution < -0.4 is 0 Å². The van der Waals surface area contributed by atoms with Crippen molar-refractivity contribution >= 4 is 34.5 Å². The van der Waals surface area contributed by atoms with Crippen molar-refractivity contribution in [3.63, 3.8) is 0 Å². The van der Waals surface area contributed by atoms with Crippen LogP contribution in [0.3, 0.4) is 0 Å². The lowest BCUT2D eigenvalue weighted by molar-refractivity contribution is -0.139. The van der Waals surface area contributed by atoms with E-state index in [0.29, 0.717) is 11.3 Å². The molecule has 0 bridgehead atoms. The summed E-state index contributed by atoms with van der Waals surface area (Å²) in [5.41, 5.74) is 4.90. The van der Waals surface area contributed by atoms with Crippen LogP contribution in [0.15, 0.2) is 76.3 Å². The SMILES string of the molecule is CCOC(=O)C1=C(c2ccccc2)N=C2SC=C(CC(=O)N3CCN(C)CC3)N2[C@H]1c1ccc(C)cc1. The molecule has 1 amide bonds. The Morgan fingerprint density at radius 1 is 1.03 bits per heavy atom. The van der Waals surface area contributed by atoms with Gasteiger partial charge in [0.15, 0.2) is 5.17 Å². The first kappa shape index (κ1) is 25.3. The maximum atomic E-state index is 13.5. The number of aliphatic imine (C=N–C) groups is 1. The molecular formula is C29H32N4O3S. The second-order valence-electron chi connectivity index (χ2n) is 9.51. The van der Waals surface area contributed by atoms with Gasteiger partial charge in [-0.05, 0) is 31.9 Å². The normalized spacial score (nSPS) is 19.9. The number of aryl methyl sites for hydroxylation is 1. The van der Waals surface area contributed by atoms with E-state index in [0.717, 1.165) is 53.7 Å². The van der Waals surface area contributed by atoms with Crippen molar-refractivity contribution in [1.29, 1.82) is 0 Å². The highest BCUT2D eigenvalue weighted by atomic mass is 32.2. The van der Waals surface area contributed by atoms with Gasteiger partial charge < -0.3 is 19.4 Å². The molecule has 1 atom stereocenters. The largest absolute Gasteiger partial charge is 0.463 e. The number of carbonyl (C=O) groups is 2. The first-order chi connectivity index (χ1) is 18.0. The Kier molecular flexibility index (Phi) is 7.48. The van der Waals surface area contributed by atoms with Crippen molar-refractivity contribution in [3.8, 4) is 0 Å². The Morgan fingerprint density at radius 2 is 1.73 bits per heavy atom. The van der Waals surface area contributed by atoms with Crippen LogP contribution >= 0.6 is 11.8 Å². The van der Waals surface area contributed by atoms with Gasteiger partial charge in [-0.25, -0.2) is 9.79 Å². The topological polar surface area (TPSA) is 65.5 Å². The maximum absolute atomic E-state index is 13.5. The minimum atomic E-state index is -0.455. The van der Waals surface area contributed by atoms with Crippen LogP contribution in [0, 0.1) is 6.92 Å². The molecule has 0 aliphatic carbocycles. The summed E-state index contributed by atoms with van der Waals surface area (Å²) in [6.07, 6.45) is 0.259. The Balaban J connectivity index is 1.57. The molecule has 0 spiro atoms. The Morgan fingerprint density at radius 3 is 2.41 bits per heavy atom. The fraction of sp³-hybridized carbons (Fsp3) is 0.345. The number of likely N-dealkylation sites (N-methyl/N-ethyl adjacent to an activating group) is 1. The molecule has 3 aliphatic rings. The molecule has 0 N–H and O–H groups in total. The van der Waals surface area contributed by atoms with E-state index in [1.807, 2.05) is 78.8 Å². The highest BCUT2D eigenvalue weighted by Gasteiger charge is 2.42. The standard InChI is InChI=1S/C29H32N4O3S/c1-4-36-28(35)25-26(21-8-6-5-7-9-21)30-29-33(27(25)22-12-10-20(2)11-13-22)23(19-37-29)18-24(34)32-16-14-31(3)15-17-32/h5-13,19,27H,4,14-18H2,1-3H3/t27-/m0/s1. The van der Waals surface area contributed by atoms with Crippen molar-refractivity contribution < 1.29 is 14.3 Å². The smallest absolute Gasteiger partial charge is 0.338 e. The molecule has 1 fully saturated rings. The number of esters is 1. The van der Waals surface area contributed by atoms with Crippen LogP contribution in [-0.4, -0.2) is 71.6 Å². The number of ether oxygens (including phenoxy) is 1. The van der Waals surface area contributed by atoms with E-state index >= 15 is 0 Å². The van der Waals surface area contributed by atoms with E-state index in [9.17, 15) is 9.59 Å². The van der Waals surface area contributed by atoms with Gasteiger partial charge in [0.25, 0.3) is 0 Å². The third kappa shape index (κ3) is 5.22. The molecule has 37 heavy (non-hydrogen) atoms. The number of hydrogen-bond donors (Lipinski definition) is 0. The maximum Gasteiger partial charge on any atom is 0.338 e. The zero-order chi connectivity index (χ0) is 25.9. The highest BCUT2D eigenvalue weighted by Crippen LogP contribution is 2.47. The molecule has 0 unspecified atom stereocenters. The number of amidine groups is 1. The number of hydrogen-bond acceptors (Lipinski definition) is 7. The lowest BCUT2D eigenvalue weighted by atomic mass is 9.91. The molecule has 3 heterocycles. The number of thioether (sulfide) groups is 1. The van der Waals surface area contributed by atoms with Crippen LogP contribution in [0.5, 0.6) is 0 Å². The number of amides is 1. The Labute approximate surface area is 222 Å². The van der Waals surface area contributed by atoms with Crippen LogP contribution in [0.4, 0.5) is 0 Å². The Hall–Kier alpha value is -3.36. The molecule has 1 saturated heterocycles. The van der Waals surface area contributed by atoms with E-state index in [1.165, 1.54) is 11.8 Å². The number of piperazine rings is 1. The van der Waals surface area contributed by atoms with Crippen molar-refractivity contribution in [2.75, 3.05) is 39.8 Å². The molecule has 2 aromatic carbocycles. The van der Waals surface area contributed by atoms with Gasteiger partial charge in [0, 0.05) is 37.4 Å². The summed E-state index contributed by atoms with van der Waals surface area (Å²) >= 11 is 1.50. The third-order valence-corrected chi connectivity index (χ3v) is 7.82. The molecule has 3 aliphatic heterocycles. The summed E-state index contributed by atoms with van der Waals surface area (Å²) in [5, 5.41) is 2.77. The quantitative estimate of drug-likeness (QED) is 0.529. The summed E-state index contributed by atoms with van der Waals surface area (Å²) in [4.78, 5) is 38.1. The first-order valence-corrected chi connectivity index (χ1v) is 13.6. The van der Waals surface area contributed by atoms with Gasteiger partial charge in [0.1, 0.15) is 0 Å². The highest BCUT2D eigenvalue weighted by molar-refractivity contribution is 8.16. The number of rotatable bonds is 6. The van der Waals surface area contributed by atoms with Gasteiger partial charge in [-0.1, -0.05) is 71.9 Å². The summed E-state index contributed by atoms with van der Waals surface area (Å²) in [7, 11) is 2.08. The van der Waals surface area contributed by atoms with Crippen LogP contribution in [0.25, 0.3) is 5.70 Å². The fourth-order valence-corrected chi connectivity index (χ4v) is 5.79. The predicted molar refractivity (Wildman–Crippen MR) is 148 cm³/mol. The summed E-state index contributed by atoms with van der Waals surface area (Å²) in [6.45, 7) is 7.32. The molecule has 7 nitrogen and oxygen atoms in total. The molecule has 0 aromatic heterocycles. The van der Waals surface area contributed by atoms with Crippen molar-refractivity contribution in [2.24, 2.45) is 4.99 Å². The fourth-order valence-electron chi connectivity index (χ4n) is 4.88. The van der Waals surface area contributed by atoms with Gasteiger partial charge in [-0.2, -0.15) is 0 Å². The number of nitrogens with zero attached hydrogens (tertiary/aromatic N) is 4. The zero-order valence-corrected chi connectivity index (χ0v) is 22.3. The van der Waals surface area contributed by atoms with Gasteiger partial charge >= 0.3 is 5.97 Å². The van der Waals surface area contributed by atoms with E-state index < -0.39 is 12.0 Å². The summed E-state index contributed by atoms with van der Waals surface area (Å²) in [5.74, 6) is -0.296. The van der Waals surface area contributed by atoms with E-state index in [2.05, 4.69) is 16.8 Å². The molecule has 192 valence electrons. The minimum absolute atomic E-state index is 0.0966. The second-order valence-corrected chi connectivity index (χ2v) is 10.4. The third-order valence-electron chi connectivity index (χ3n) is 6.93. The molecular weight excluding hydrogens is 484 g/mol. The summed E-state index contributed by atoms with van der Waals surface area (Å²) in [6, 6.07) is 17.5. The van der Waals surface area contributed by atoms with Crippen molar-refractivity contribution in [3.05, 3.63) is 88.0 Å². The van der Waals surface area contributed by atoms with Gasteiger partial charge in [0.2, 0.25) is 5.91 Å². The first-order valence-electron chi connectivity index (χ1n) is 12.7. The summed E-state index contributed by atoms with van der Waals surface area (Å²) < 4.78 is 5.58. The lowest BCUT2D eigenvalue weighted by Crippen LogP contribution is -2.47. The molecule has 8 heteroatoms. The van der Waals surface area contributed by atoms with Gasteiger partial charge in [0.05, 0.1) is 30.3 Å². The van der Waals surface area contributed by atoms with E-state index in [4.69, 9.17) is 9.73 Å². The monoisotopic (exact) mass is 516 g/mol. The average molecular weight is 517 g/mol. The molecule has 5 rings (SSSR count). The molecule has 0 radical (unpaired) electrons. The van der Waals surface area contributed by atoms with Crippen LogP contribution in [0.1, 0.15) is 36.1 Å². The van der Waals surface area contributed by atoms with E-state index in [1.54, 1.807) is 0 Å².